The van der Waals surface area contributed by atoms with Crippen molar-refractivity contribution in [1.29, 1.82) is 0 Å². The van der Waals surface area contributed by atoms with Crippen LogP contribution in [0.25, 0.3) is 0 Å². The summed E-state index contributed by atoms with van der Waals surface area (Å²) in [6.07, 6.45) is 1.81. The molecule has 1 aliphatic heterocycles. The minimum Gasteiger partial charge on any atom is -0.351 e. The summed E-state index contributed by atoms with van der Waals surface area (Å²) in [6.45, 7) is 3.76. The van der Waals surface area contributed by atoms with Crippen LogP contribution in [-0.4, -0.2) is 24.5 Å². The predicted molar refractivity (Wildman–Crippen MR) is 76.0 cm³/mol. The molecule has 20 heavy (non-hydrogen) atoms. The smallest absolute Gasteiger partial charge is 0.224 e. The summed E-state index contributed by atoms with van der Waals surface area (Å²) in [7, 11) is 0. The van der Waals surface area contributed by atoms with Gasteiger partial charge in [0, 0.05) is 5.54 Å². The van der Waals surface area contributed by atoms with E-state index < -0.39 is 11.6 Å². The molecule has 6 heteroatoms. The molecule has 112 valence electrons. The first-order valence-corrected chi connectivity index (χ1v) is 6.44. The SMILES string of the molecule is CC1(NC(=O)Cc2ccc(F)c(F)c2)CCNCC1.Cl. The van der Waals surface area contributed by atoms with Crippen LogP contribution in [0.15, 0.2) is 18.2 Å². The number of hydrogen-bond acceptors (Lipinski definition) is 2. The summed E-state index contributed by atoms with van der Waals surface area (Å²) in [5.74, 6) is -1.97. The molecule has 0 bridgehead atoms. The maximum Gasteiger partial charge on any atom is 0.224 e. The zero-order valence-electron chi connectivity index (χ0n) is 11.3. The van der Waals surface area contributed by atoms with Gasteiger partial charge in [-0.2, -0.15) is 0 Å². The molecule has 0 unspecified atom stereocenters. The van der Waals surface area contributed by atoms with Crippen molar-refractivity contribution in [2.45, 2.75) is 31.7 Å². The maximum absolute atomic E-state index is 13.0. The van der Waals surface area contributed by atoms with Crippen LogP contribution >= 0.6 is 12.4 Å². The highest BCUT2D eigenvalue weighted by Crippen LogP contribution is 2.17. The summed E-state index contributed by atoms with van der Waals surface area (Å²) in [5, 5.41) is 6.22. The van der Waals surface area contributed by atoms with Crippen LogP contribution < -0.4 is 10.6 Å². The fourth-order valence-corrected chi connectivity index (χ4v) is 2.32. The van der Waals surface area contributed by atoms with Crippen LogP contribution in [0.4, 0.5) is 8.78 Å². The molecule has 1 fully saturated rings. The van der Waals surface area contributed by atoms with Gasteiger partial charge in [-0.15, -0.1) is 12.4 Å². The summed E-state index contributed by atoms with van der Waals surface area (Å²) in [5.41, 5.74) is 0.273. The Morgan fingerprint density at radius 1 is 1.30 bits per heavy atom. The Morgan fingerprint density at radius 3 is 2.55 bits per heavy atom. The van der Waals surface area contributed by atoms with Crippen LogP contribution in [0.2, 0.25) is 0 Å². The molecule has 1 aromatic rings. The van der Waals surface area contributed by atoms with Gasteiger partial charge in [0.15, 0.2) is 11.6 Å². The highest BCUT2D eigenvalue weighted by molar-refractivity contribution is 5.85. The summed E-state index contributed by atoms with van der Waals surface area (Å²) in [4.78, 5) is 11.9. The van der Waals surface area contributed by atoms with Gasteiger partial charge in [0.25, 0.3) is 0 Å². The Morgan fingerprint density at radius 2 is 1.95 bits per heavy atom. The van der Waals surface area contributed by atoms with E-state index in [1.54, 1.807) is 0 Å². The van der Waals surface area contributed by atoms with Gasteiger partial charge in [-0.1, -0.05) is 6.07 Å². The minimum absolute atomic E-state index is 0. The maximum atomic E-state index is 13.0. The fourth-order valence-electron chi connectivity index (χ4n) is 2.32. The van der Waals surface area contributed by atoms with E-state index in [-0.39, 0.29) is 30.3 Å². The van der Waals surface area contributed by atoms with Crippen LogP contribution in [0.3, 0.4) is 0 Å². The van der Waals surface area contributed by atoms with Crippen LogP contribution in [0.5, 0.6) is 0 Å². The lowest BCUT2D eigenvalue weighted by Crippen LogP contribution is -2.52. The number of carbonyl (C=O) groups excluding carboxylic acids is 1. The van der Waals surface area contributed by atoms with Crippen molar-refractivity contribution in [1.82, 2.24) is 10.6 Å². The number of rotatable bonds is 3. The van der Waals surface area contributed by atoms with Gasteiger partial charge in [-0.05, 0) is 50.6 Å². The Balaban J connectivity index is 0.00000200. The van der Waals surface area contributed by atoms with Gasteiger partial charge >= 0.3 is 0 Å². The molecule has 2 N–H and O–H groups in total. The molecule has 0 aliphatic carbocycles. The Bertz CT molecular complexity index is 476. The Kier molecular flexibility index (Phi) is 5.89. The second-order valence-electron chi connectivity index (χ2n) is 5.28. The third kappa shape index (κ3) is 4.42. The topological polar surface area (TPSA) is 41.1 Å². The van der Waals surface area contributed by atoms with Crippen molar-refractivity contribution < 1.29 is 13.6 Å². The molecule has 1 aromatic carbocycles. The number of halogens is 3. The number of hydrogen-bond donors (Lipinski definition) is 2. The normalized spacial score (nSPS) is 17.1. The molecule has 0 spiro atoms. The van der Waals surface area contributed by atoms with Crippen molar-refractivity contribution in [3.63, 3.8) is 0 Å². The Labute approximate surface area is 123 Å². The van der Waals surface area contributed by atoms with E-state index >= 15 is 0 Å². The second-order valence-corrected chi connectivity index (χ2v) is 5.28. The predicted octanol–water partition coefficient (Wildman–Crippen LogP) is 2.19. The van der Waals surface area contributed by atoms with Gasteiger partial charge in [-0.3, -0.25) is 4.79 Å². The third-order valence-corrected chi connectivity index (χ3v) is 3.50. The van der Waals surface area contributed by atoms with Gasteiger partial charge in [-0.25, -0.2) is 8.78 Å². The average Bonchev–Trinajstić information content (AvgIpc) is 2.34. The van der Waals surface area contributed by atoms with Crippen molar-refractivity contribution in [2.75, 3.05) is 13.1 Å². The van der Waals surface area contributed by atoms with Crippen molar-refractivity contribution in [3.8, 4) is 0 Å². The number of benzene rings is 1. The molecule has 1 amide bonds. The largest absolute Gasteiger partial charge is 0.351 e. The lowest BCUT2D eigenvalue weighted by molar-refractivity contribution is -0.122. The molecular formula is C14H19ClF2N2O. The van der Waals surface area contributed by atoms with E-state index in [0.717, 1.165) is 38.1 Å². The van der Waals surface area contributed by atoms with Crippen LogP contribution in [-0.2, 0) is 11.2 Å². The quantitative estimate of drug-likeness (QED) is 0.899. The second kappa shape index (κ2) is 6.99. The molecule has 0 saturated carbocycles. The van der Waals surface area contributed by atoms with Gasteiger partial charge in [0.2, 0.25) is 5.91 Å². The van der Waals surface area contributed by atoms with Crippen LogP contribution in [0, 0.1) is 11.6 Å². The number of amides is 1. The summed E-state index contributed by atoms with van der Waals surface area (Å²) >= 11 is 0. The zero-order chi connectivity index (χ0) is 13.9. The third-order valence-electron chi connectivity index (χ3n) is 3.50. The van der Waals surface area contributed by atoms with Crippen molar-refractivity contribution in [2.24, 2.45) is 0 Å². The fraction of sp³-hybridized carbons (Fsp3) is 0.500. The standard InChI is InChI=1S/C14H18F2N2O.ClH/c1-14(4-6-17-7-5-14)18-13(19)9-10-2-3-11(15)12(16)8-10;/h2-3,8,17H,4-7,9H2,1H3,(H,18,19);1H. The number of piperidine rings is 1. The average molecular weight is 305 g/mol. The molecule has 3 nitrogen and oxygen atoms in total. The number of carbonyl (C=O) groups is 1. The van der Waals surface area contributed by atoms with E-state index in [1.807, 2.05) is 6.92 Å². The molecule has 0 aromatic heterocycles. The highest BCUT2D eigenvalue weighted by atomic mass is 35.5. The van der Waals surface area contributed by atoms with E-state index in [4.69, 9.17) is 0 Å². The van der Waals surface area contributed by atoms with Gasteiger partial charge in [0.05, 0.1) is 6.42 Å². The number of nitrogens with one attached hydrogen (secondary N) is 2. The van der Waals surface area contributed by atoms with Crippen molar-refractivity contribution >= 4 is 18.3 Å². The monoisotopic (exact) mass is 304 g/mol. The Hall–Kier alpha value is -1.20. The molecule has 1 aliphatic rings. The highest BCUT2D eigenvalue weighted by Gasteiger charge is 2.28. The first-order chi connectivity index (χ1) is 8.98. The summed E-state index contributed by atoms with van der Waals surface area (Å²) < 4.78 is 25.8. The van der Waals surface area contributed by atoms with E-state index in [2.05, 4.69) is 10.6 Å². The molecule has 1 heterocycles. The lowest BCUT2D eigenvalue weighted by atomic mass is 9.90. The van der Waals surface area contributed by atoms with Gasteiger partial charge < -0.3 is 10.6 Å². The lowest BCUT2D eigenvalue weighted by Gasteiger charge is -2.35. The van der Waals surface area contributed by atoms with Crippen LogP contribution in [0.1, 0.15) is 25.3 Å². The molecular weight excluding hydrogens is 286 g/mol. The first-order valence-electron chi connectivity index (χ1n) is 6.44. The van der Waals surface area contributed by atoms with Gasteiger partial charge in [0.1, 0.15) is 0 Å². The van der Waals surface area contributed by atoms with E-state index in [0.29, 0.717) is 5.56 Å². The minimum atomic E-state index is -0.918. The molecule has 2 rings (SSSR count). The molecule has 0 radical (unpaired) electrons. The van der Waals surface area contributed by atoms with E-state index in [9.17, 15) is 13.6 Å². The zero-order valence-corrected chi connectivity index (χ0v) is 12.2. The first kappa shape index (κ1) is 16.9. The van der Waals surface area contributed by atoms with E-state index in [1.165, 1.54) is 6.07 Å². The molecule has 1 saturated heterocycles. The summed E-state index contributed by atoms with van der Waals surface area (Å²) in [6, 6.07) is 3.55. The molecule has 0 atom stereocenters. The van der Waals surface area contributed by atoms with Crippen molar-refractivity contribution in [3.05, 3.63) is 35.4 Å².